The van der Waals surface area contributed by atoms with Gasteiger partial charge in [0.2, 0.25) is 5.82 Å². The molecule has 0 fully saturated rings. The topological polar surface area (TPSA) is 77.2 Å². The molecule has 0 saturated carbocycles. The number of rotatable bonds is 7. The summed E-state index contributed by atoms with van der Waals surface area (Å²) in [6.45, 7) is 8.27. The highest BCUT2D eigenvalue weighted by atomic mass is 16.6. The minimum absolute atomic E-state index is 0.282. The maximum atomic E-state index is 12.5. The fourth-order valence-electron chi connectivity index (χ4n) is 2.52. The predicted octanol–water partition coefficient (Wildman–Crippen LogP) is 4.68. The van der Waals surface area contributed by atoms with Crippen LogP contribution in [0.25, 0.3) is 11.3 Å². The maximum absolute atomic E-state index is 12.5. The van der Waals surface area contributed by atoms with Crippen LogP contribution in [0.15, 0.2) is 65.8 Å². The molecule has 0 saturated heterocycles. The lowest BCUT2D eigenvalue weighted by molar-refractivity contribution is 0.102. The Morgan fingerprint density at radius 1 is 1.15 bits per heavy atom. The molecule has 3 rings (SSSR count). The number of nitrogens with zero attached hydrogens (tertiary/aromatic N) is 2. The Bertz CT molecular complexity index is 913. The van der Waals surface area contributed by atoms with Crippen LogP contribution in [0.3, 0.4) is 0 Å². The molecule has 0 radical (unpaired) electrons. The fourth-order valence-corrected chi connectivity index (χ4v) is 2.52. The molecule has 1 heterocycles. The molecule has 138 valence electrons. The molecule has 27 heavy (non-hydrogen) atoms. The van der Waals surface area contributed by atoms with E-state index in [1.54, 1.807) is 30.3 Å². The monoisotopic (exact) mass is 363 g/mol. The molecule has 0 spiro atoms. The van der Waals surface area contributed by atoms with Gasteiger partial charge < -0.3 is 10.1 Å². The van der Waals surface area contributed by atoms with Crippen molar-refractivity contribution in [2.45, 2.75) is 19.8 Å². The smallest absolute Gasteiger partial charge is 0.256 e. The third kappa shape index (κ3) is 4.41. The number of amides is 1. The van der Waals surface area contributed by atoms with Crippen molar-refractivity contribution >= 4 is 11.7 Å². The lowest BCUT2D eigenvalue weighted by Gasteiger charge is -2.07. The lowest BCUT2D eigenvalue weighted by atomic mass is 10.0. The second-order valence-corrected chi connectivity index (χ2v) is 6.32. The van der Waals surface area contributed by atoms with Gasteiger partial charge in [-0.2, -0.15) is 0 Å². The number of hydrogen-bond acceptors (Lipinski definition) is 5. The molecule has 0 aliphatic carbocycles. The number of carbonyl (C=O) groups is 1. The van der Waals surface area contributed by atoms with E-state index in [9.17, 15) is 4.79 Å². The van der Waals surface area contributed by atoms with E-state index < -0.39 is 0 Å². The van der Waals surface area contributed by atoms with E-state index in [2.05, 4.69) is 36.1 Å². The lowest BCUT2D eigenvalue weighted by Crippen LogP contribution is -2.12. The Balaban J connectivity index is 1.74. The molecular weight excluding hydrogens is 342 g/mol. The molecule has 1 aromatic heterocycles. The van der Waals surface area contributed by atoms with E-state index in [4.69, 9.17) is 9.37 Å². The van der Waals surface area contributed by atoms with Crippen LogP contribution in [0.2, 0.25) is 0 Å². The highest BCUT2D eigenvalue weighted by Crippen LogP contribution is 2.26. The van der Waals surface area contributed by atoms with Crippen molar-refractivity contribution in [2.75, 3.05) is 11.9 Å². The van der Waals surface area contributed by atoms with Gasteiger partial charge in [-0.1, -0.05) is 50.8 Å². The maximum Gasteiger partial charge on any atom is 0.256 e. The summed E-state index contributed by atoms with van der Waals surface area (Å²) < 4.78 is 10.2. The van der Waals surface area contributed by atoms with Crippen LogP contribution in [0.4, 0.5) is 5.82 Å². The summed E-state index contributed by atoms with van der Waals surface area (Å²) in [5, 5.41) is 10.5. The van der Waals surface area contributed by atoms with Crippen LogP contribution < -0.4 is 10.1 Å². The highest BCUT2D eigenvalue weighted by Gasteiger charge is 2.16. The molecule has 1 N–H and O–H groups in total. The SMILES string of the molecule is C=CCOc1ccc(C(=O)Nc2nonc2-c2ccc(C(C)C)cc2)cc1. The molecule has 6 heteroatoms. The number of aromatic nitrogens is 2. The van der Waals surface area contributed by atoms with Crippen molar-refractivity contribution in [2.24, 2.45) is 0 Å². The van der Waals surface area contributed by atoms with Crippen LogP contribution in [-0.4, -0.2) is 22.8 Å². The van der Waals surface area contributed by atoms with Gasteiger partial charge in [-0.25, -0.2) is 4.63 Å². The number of nitrogens with one attached hydrogen (secondary N) is 1. The number of anilines is 1. The van der Waals surface area contributed by atoms with Crippen LogP contribution in [0.5, 0.6) is 5.75 Å². The van der Waals surface area contributed by atoms with Gasteiger partial charge in [0.25, 0.3) is 5.91 Å². The Morgan fingerprint density at radius 2 is 1.85 bits per heavy atom. The molecule has 1 amide bonds. The largest absolute Gasteiger partial charge is 0.490 e. The first-order valence-corrected chi connectivity index (χ1v) is 8.66. The highest BCUT2D eigenvalue weighted by molar-refractivity contribution is 6.05. The molecular formula is C21H21N3O3. The summed E-state index contributed by atoms with van der Waals surface area (Å²) in [5.74, 6) is 1.08. The molecule has 0 bridgehead atoms. The van der Waals surface area contributed by atoms with Gasteiger partial charge in [0.15, 0.2) is 5.69 Å². The summed E-state index contributed by atoms with van der Waals surface area (Å²) in [7, 11) is 0. The summed E-state index contributed by atoms with van der Waals surface area (Å²) >= 11 is 0. The first-order valence-electron chi connectivity index (χ1n) is 8.66. The van der Waals surface area contributed by atoms with Gasteiger partial charge in [-0.15, -0.1) is 0 Å². The van der Waals surface area contributed by atoms with Crippen molar-refractivity contribution in [3.05, 3.63) is 72.3 Å². The van der Waals surface area contributed by atoms with E-state index in [-0.39, 0.29) is 11.7 Å². The van der Waals surface area contributed by atoms with Gasteiger partial charge in [-0.3, -0.25) is 4.79 Å². The van der Waals surface area contributed by atoms with Gasteiger partial charge in [0.1, 0.15) is 12.4 Å². The molecule has 2 aromatic carbocycles. The van der Waals surface area contributed by atoms with Crippen molar-refractivity contribution in [3.8, 4) is 17.0 Å². The zero-order valence-corrected chi connectivity index (χ0v) is 15.3. The number of ether oxygens (including phenoxy) is 1. The quantitative estimate of drug-likeness (QED) is 0.617. The van der Waals surface area contributed by atoms with Gasteiger partial charge in [0.05, 0.1) is 0 Å². The minimum atomic E-state index is -0.305. The summed E-state index contributed by atoms with van der Waals surface area (Å²) in [6, 6.07) is 14.8. The van der Waals surface area contributed by atoms with E-state index >= 15 is 0 Å². The van der Waals surface area contributed by atoms with E-state index in [0.29, 0.717) is 29.5 Å². The first-order chi connectivity index (χ1) is 13.1. The summed E-state index contributed by atoms with van der Waals surface area (Å²) in [5.41, 5.74) is 3.01. The average molecular weight is 363 g/mol. The number of hydrogen-bond donors (Lipinski definition) is 1. The van der Waals surface area contributed by atoms with Crippen molar-refractivity contribution in [1.82, 2.24) is 10.3 Å². The Hall–Kier alpha value is -3.41. The Morgan fingerprint density at radius 3 is 2.48 bits per heavy atom. The minimum Gasteiger partial charge on any atom is -0.490 e. The number of benzene rings is 2. The molecule has 6 nitrogen and oxygen atoms in total. The van der Waals surface area contributed by atoms with Gasteiger partial charge >= 0.3 is 0 Å². The van der Waals surface area contributed by atoms with Crippen molar-refractivity contribution in [1.29, 1.82) is 0 Å². The first kappa shape index (κ1) is 18.4. The predicted molar refractivity (Wildman–Crippen MR) is 104 cm³/mol. The third-order valence-electron chi connectivity index (χ3n) is 4.06. The third-order valence-corrected chi connectivity index (χ3v) is 4.06. The van der Waals surface area contributed by atoms with Crippen LogP contribution in [0, 0.1) is 0 Å². The van der Waals surface area contributed by atoms with Crippen LogP contribution in [-0.2, 0) is 0 Å². The molecule has 0 aliphatic heterocycles. The van der Waals surface area contributed by atoms with E-state index in [1.165, 1.54) is 5.56 Å². The number of carbonyl (C=O) groups excluding carboxylic acids is 1. The molecule has 0 unspecified atom stereocenters. The second kappa shape index (κ2) is 8.31. The normalized spacial score (nSPS) is 10.6. The fraction of sp³-hybridized carbons (Fsp3) is 0.190. The molecule has 0 aliphatic rings. The van der Waals surface area contributed by atoms with Gasteiger partial charge in [0, 0.05) is 11.1 Å². The van der Waals surface area contributed by atoms with Crippen LogP contribution in [0.1, 0.15) is 35.7 Å². The average Bonchev–Trinajstić information content (AvgIpc) is 3.14. The molecule has 0 atom stereocenters. The zero-order chi connectivity index (χ0) is 19.2. The van der Waals surface area contributed by atoms with Crippen molar-refractivity contribution in [3.63, 3.8) is 0 Å². The zero-order valence-electron chi connectivity index (χ0n) is 15.3. The Kier molecular flexibility index (Phi) is 5.66. The second-order valence-electron chi connectivity index (χ2n) is 6.32. The summed E-state index contributed by atoms with van der Waals surface area (Å²) in [4.78, 5) is 12.5. The van der Waals surface area contributed by atoms with Gasteiger partial charge in [-0.05, 0) is 46.1 Å². The molecule has 3 aromatic rings. The summed E-state index contributed by atoms with van der Waals surface area (Å²) in [6.07, 6.45) is 1.66. The van der Waals surface area contributed by atoms with E-state index in [0.717, 1.165) is 5.56 Å². The van der Waals surface area contributed by atoms with E-state index in [1.807, 2.05) is 24.3 Å². The van der Waals surface area contributed by atoms with Crippen LogP contribution >= 0.6 is 0 Å². The Labute approximate surface area is 157 Å². The standard InChI is InChI=1S/C21H21N3O3/c1-4-13-26-18-11-9-17(10-12-18)21(25)22-20-19(23-27-24-20)16-7-5-15(6-8-16)14(2)3/h4-12,14H,1,13H2,2-3H3,(H,22,24,25). The van der Waals surface area contributed by atoms with Crippen molar-refractivity contribution < 1.29 is 14.2 Å².